The van der Waals surface area contributed by atoms with Crippen molar-refractivity contribution in [2.75, 3.05) is 18.0 Å². The van der Waals surface area contributed by atoms with Crippen molar-refractivity contribution in [3.05, 3.63) is 53.5 Å². The van der Waals surface area contributed by atoms with E-state index in [-0.39, 0.29) is 5.92 Å². The van der Waals surface area contributed by atoms with Gasteiger partial charge in [0.1, 0.15) is 5.82 Å². The first kappa shape index (κ1) is 13.5. The van der Waals surface area contributed by atoms with Gasteiger partial charge in [-0.2, -0.15) is 0 Å². The number of carboxylic acid groups (broad SMARTS) is 1. The third kappa shape index (κ3) is 2.86. The monoisotopic (exact) mass is 283 g/mol. The van der Waals surface area contributed by atoms with Gasteiger partial charge in [0.15, 0.2) is 0 Å². The van der Waals surface area contributed by atoms with E-state index in [2.05, 4.69) is 29.0 Å². The Labute approximate surface area is 123 Å². The van der Waals surface area contributed by atoms with Crippen molar-refractivity contribution in [3.63, 3.8) is 0 Å². The molecule has 1 fully saturated rings. The fourth-order valence-corrected chi connectivity index (χ4v) is 2.46. The average Bonchev–Trinajstić information content (AvgIpc) is 2.40. The predicted molar refractivity (Wildman–Crippen MR) is 79.4 cm³/mol. The number of benzene rings is 1. The molecule has 0 unspecified atom stereocenters. The second-order valence-electron chi connectivity index (χ2n) is 5.41. The second-order valence-corrected chi connectivity index (χ2v) is 5.41. The molecule has 1 aliphatic heterocycles. The van der Waals surface area contributed by atoms with Crippen LogP contribution >= 0.6 is 0 Å². The molecule has 0 atom stereocenters. The van der Waals surface area contributed by atoms with E-state index in [0.717, 1.165) is 17.9 Å². The first-order chi connectivity index (χ1) is 10.1. The van der Waals surface area contributed by atoms with Crippen molar-refractivity contribution in [2.24, 2.45) is 5.92 Å². The SMILES string of the molecule is Cc1ccccc1Cc1cncc(N2CC(C(=O)O)C2)n1. The summed E-state index contributed by atoms with van der Waals surface area (Å²) >= 11 is 0. The molecule has 1 saturated heterocycles. The van der Waals surface area contributed by atoms with Crippen molar-refractivity contribution in [1.82, 2.24) is 9.97 Å². The minimum atomic E-state index is -0.740. The lowest BCUT2D eigenvalue weighted by atomic mass is 10.0. The van der Waals surface area contributed by atoms with Gasteiger partial charge in [-0.3, -0.25) is 9.78 Å². The summed E-state index contributed by atoms with van der Waals surface area (Å²) < 4.78 is 0. The normalized spacial score (nSPS) is 14.8. The van der Waals surface area contributed by atoms with Crippen LogP contribution in [0.25, 0.3) is 0 Å². The zero-order chi connectivity index (χ0) is 14.8. The van der Waals surface area contributed by atoms with Gasteiger partial charge in [-0.05, 0) is 18.1 Å². The van der Waals surface area contributed by atoms with E-state index < -0.39 is 5.97 Å². The lowest BCUT2D eigenvalue weighted by Gasteiger charge is -2.37. The van der Waals surface area contributed by atoms with Gasteiger partial charge >= 0.3 is 5.97 Å². The van der Waals surface area contributed by atoms with E-state index >= 15 is 0 Å². The highest BCUT2D eigenvalue weighted by atomic mass is 16.4. The van der Waals surface area contributed by atoms with Crippen LogP contribution in [0.1, 0.15) is 16.8 Å². The van der Waals surface area contributed by atoms with Crippen LogP contribution in [0, 0.1) is 12.8 Å². The largest absolute Gasteiger partial charge is 0.481 e. The lowest BCUT2D eigenvalue weighted by Crippen LogP contribution is -2.50. The van der Waals surface area contributed by atoms with Crippen molar-refractivity contribution < 1.29 is 9.90 Å². The number of hydrogen-bond donors (Lipinski definition) is 1. The maximum Gasteiger partial charge on any atom is 0.310 e. The molecule has 0 aliphatic carbocycles. The molecule has 1 aromatic carbocycles. The van der Waals surface area contributed by atoms with Crippen LogP contribution in [0.4, 0.5) is 5.82 Å². The number of carbonyl (C=O) groups is 1. The Hall–Kier alpha value is -2.43. The minimum absolute atomic E-state index is 0.285. The zero-order valence-corrected chi connectivity index (χ0v) is 11.9. The molecule has 2 heterocycles. The fourth-order valence-electron chi connectivity index (χ4n) is 2.46. The first-order valence-corrected chi connectivity index (χ1v) is 6.96. The molecule has 0 bridgehead atoms. The minimum Gasteiger partial charge on any atom is -0.481 e. The summed E-state index contributed by atoms with van der Waals surface area (Å²) in [4.78, 5) is 21.6. The van der Waals surface area contributed by atoms with E-state index in [4.69, 9.17) is 5.11 Å². The Morgan fingerprint density at radius 2 is 2.10 bits per heavy atom. The summed E-state index contributed by atoms with van der Waals surface area (Å²) in [6.45, 7) is 3.11. The maximum atomic E-state index is 10.8. The molecular formula is C16H17N3O2. The highest BCUT2D eigenvalue weighted by molar-refractivity contribution is 5.74. The highest BCUT2D eigenvalue weighted by Gasteiger charge is 2.33. The smallest absolute Gasteiger partial charge is 0.310 e. The van der Waals surface area contributed by atoms with E-state index in [1.54, 1.807) is 12.4 Å². The average molecular weight is 283 g/mol. The van der Waals surface area contributed by atoms with Crippen LogP contribution in [0.3, 0.4) is 0 Å². The Kier molecular flexibility index (Phi) is 3.56. The molecule has 0 radical (unpaired) electrons. The standard InChI is InChI=1S/C16H17N3O2/c1-11-4-2-3-5-12(11)6-14-7-17-8-15(18-14)19-9-13(10-19)16(20)21/h2-5,7-8,13H,6,9-10H2,1H3,(H,20,21). The number of carboxylic acids is 1. The number of aromatic nitrogens is 2. The molecule has 0 spiro atoms. The highest BCUT2D eigenvalue weighted by Crippen LogP contribution is 2.23. The van der Waals surface area contributed by atoms with Gasteiger partial charge in [0.25, 0.3) is 0 Å². The molecule has 5 heteroatoms. The molecule has 1 aliphatic rings. The van der Waals surface area contributed by atoms with Gasteiger partial charge in [0.2, 0.25) is 0 Å². The summed E-state index contributed by atoms with van der Waals surface area (Å²) in [7, 11) is 0. The molecule has 1 N–H and O–H groups in total. The van der Waals surface area contributed by atoms with Gasteiger partial charge in [0, 0.05) is 25.7 Å². The van der Waals surface area contributed by atoms with Gasteiger partial charge < -0.3 is 10.0 Å². The van der Waals surface area contributed by atoms with Crippen LogP contribution in [-0.2, 0) is 11.2 Å². The summed E-state index contributed by atoms with van der Waals surface area (Å²) in [5.74, 6) is -0.263. The second kappa shape index (κ2) is 5.52. The van der Waals surface area contributed by atoms with Crippen molar-refractivity contribution in [2.45, 2.75) is 13.3 Å². The van der Waals surface area contributed by atoms with Gasteiger partial charge in [0.05, 0.1) is 17.8 Å². The summed E-state index contributed by atoms with van der Waals surface area (Å²) in [5.41, 5.74) is 3.37. The topological polar surface area (TPSA) is 66.3 Å². The Balaban J connectivity index is 1.73. The molecule has 2 aromatic rings. The van der Waals surface area contributed by atoms with Crippen LogP contribution in [0.5, 0.6) is 0 Å². The van der Waals surface area contributed by atoms with Crippen LogP contribution in [0.15, 0.2) is 36.7 Å². The Morgan fingerprint density at radius 1 is 1.33 bits per heavy atom. The summed E-state index contributed by atoms with van der Waals surface area (Å²) in [5, 5.41) is 8.92. The third-order valence-corrected chi connectivity index (χ3v) is 3.86. The molecule has 0 saturated carbocycles. The van der Waals surface area contributed by atoms with Crippen molar-refractivity contribution in [1.29, 1.82) is 0 Å². The van der Waals surface area contributed by atoms with Crippen LogP contribution in [0.2, 0.25) is 0 Å². The summed E-state index contributed by atoms with van der Waals surface area (Å²) in [6, 6.07) is 8.22. The van der Waals surface area contributed by atoms with Crippen molar-refractivity contribution in [3.8, 4) is 0 Å². The number of aryl methyl sites for hydroxylation is 1. The fraction of sp³-hybridized carbons (Fsp3) is 0.312. The zero-order valence-electron chi connectivity index (χ0n) is 11.9. The maximum absolute atomic E-state index is 10.8. The first-order valence-electron chi connectivity index (χ1n) is 6.96. The molecule has 108 valence electrons. The molecule has 21 heavy (non-hydrogen) atoms. The predicted octanol–water partition coefficient (Wildman–Crippen LogP) is 1.90. The van der Waals surface area contributed by atoms with E-state index in [0.29, 0.717) is 13.1 Å². The Morgan fingerprint density at radius 3 is 2.81 bits per heavy atom. The van der Waals surface area contributed by atoms with Gasteiger partial charge in [-0.15, -0.1) is 0 Å². The number of rotatable bonds is 4. The Bertz CT molecular complexity index is 666. The number of aliphatic carboxylic acids is 1. The van der Waals surface area contributed by atoms with Gasteiger partial charge in [-0.25, -0.2) is 4.98 Å². The third-order valence-electron chi connectivity index (χ3n) is 3.86. The number of nitrogens with zero attached hydrogens (tertiary/aromatic N) is 3. The molecule has 1 aromatic heterocycles. The van der Waals surface area contributed by atoms with E-state index in [1.165, 1.54) is 11.1 Å². The van der Waals surface area contributed by atoms with E-state index in [9.17, 15) is 4.79 Å². The lowest BCUT2D eigenvalue weighted by molar-refractivity contribution is -0.142. The van der Waals surface area contributed by atoms with E-state index in [1.807, 2.05) is 17.0 Å². The van der Waals surface area contributed by atoms with Gasteiger partial charge in [-0.1, -0.05) is 24.3 Å². The number of hydrogen-bond acceptors (Lipinski definition) is 4. The molecule has 5 nitrogen and oxygen atoms in total. The molecular weight excluding hydrogens is 266 g/mol. The molecule has 3 rings (SSSR count). The quantitative estimate of drug-likeness (QED) is 0.928. The molecule has 0 amide bonds. The summed E-state index contributed by atoms with van der Waals surface area (Å²) in [6.07, 6.45) is 4.20. The van der Waals surface area contributed by atoms with Crippen LogP contribution < -0.4 is 4.90 Å². The number of anilines is 1. The van der Waals surface area contributed by atoms with Crippen LogP contribution in [-0.4, -0.2) is 34.1 Å². The van der Waals surface area contributed by atoms with Crippen molar-refractivity contribution >= 4 is 11.8 Å².